The van der Waals surface area contributed by atoms with Gasteiger partial charge in [0, 0.05) is 17.6 Å². The number of hydrogen-bond donors (Lipinski definition) is 2. The molecule has 0 aromatic heterocycles. The second-order valence-electron chi connectivity index (χ2n) is 5.14. The summed E-state index contributed by atoms with van der Waals surface area (Å²) in [6, 6.07) is 7.41. The van der Waals surface area contributed by atoms with Crippen molar-refractivity contribution in [1.29, 1.82) is 0 Å². The third kappa shape index (κ3) is 4.17. The summed E-state index contributed by atoms with van der Waals surface area (Å²) in [5, 5.41) is 9.14. The zero-order valence-corrected chi connectivity index (χ0v) is 14.2. The van der Waals surface area contributed by atoms with Crippen molar-refractivity contribution in [3.8, 4) is 0 Å². The zero-order valence-electron chi connectivity index (χ0n) is 11.8. The standard InChI is InChI=1S/C14H19BrN2O3.ClH/c1-14(16,10-2-4-11(15)5-3-10)13(19)17-6-7-20-12(8-17)9-18;/h2-5,12,18H,6-9,16H2,1H3;1H. The lowest BCUT2D eigenvalue weighted by molar-refractivity contribution is -0.145. The summed E-state index contributed by atoms with van der Waals surface area (Å²) >= 11 is 3.36. The number of ether oxygens (including phenoxy) is 1. The van der Waals surface area contributed by atoms with Crippen LogP contribution in [0.15, 0.2) is 28.7 Å². The van der Waals surface area contributed by atoms with Crippen LogP contribution in [-0.4, -0.2) is 48.3 Å². The van der Waals surface area contributed by atoms with E-state index in [1.807, 2.05) is 24.3 Å². The molecule has 7 heteroatoms. The molecular formula is C14H20BrClN2O3. The molecule has 0 aliphatic carbocycles. The Balaban J connectivity index is 0.00000220. The predicted octanol–water partition coefficient (Wildman–Crippen LogP) is 1.26. The monoisotopic (exact) mass is 378 g/mol. The van der Waals surface area contributed by atoms with Crippen LogP contribution in [0.1, 0.15) is 12.5 Å². The van der Waals surface area contributed by atoms with Crippen molar-refractivity contribution < 1.29 is 14.6 Å². The second kappa shape index (κ2) is 7.56. The number of carbonyl (C=O) groups is 1. The van der Waals surface area contributed by atoms with E-state index in [-0.39, 0.29) is 31.0 Å². The summed E-state index contributed by atoms with van der Waals surface area (Å²) in [5.41, 5.74) is 5.92. The summed E-state index contributed by atoms with van der Waals surface area (Å²) in [6.45, 7) is 2.91. The number of nitrogens with two attached hydrogens (primary N) is 1. The highest BCUT2D eigenvalue weighted by Gasteiger charge is 2.36. The Bertz CT molecular complexity index is 482. The van der Waals surface area contributed by atoms with E-state index in [9.17, 15) is 4.79 Å². The van der Waals surface area contributed by atoms with Gasteiger partial charge in [0.1, 0.15) is 5.54 Å². The van der Waals surface area contributed by atoms with Crippen molar-refractivity contribution in [3.05, 3.63) is 34.3 Å². The molecule has 118 valence electrons. The number of halogens is 2. The average molecular weight is 380 g/mol. The van der Waals surface area contributed by atoms with Gasteiger partial charge in [-0.2, -0.15) is 0 Å². The van der Waals surface area contributed by atoms with Gasteiger partial charge in [0.05, 0.1) is 19.3 Å². The highest BCUT2D eigenvalue weighted by molar-refractivity contribution is 9.10. The topological polar surface area (TPSA) is 75.8 Å². The van der Waals surface area contributed by atoms with Crippen LogP contribution < -0.4 is 5.73 Å². The third-order valence-corrected chi connectivity index (χ3v) is 4.05. The lowest BCUT2D eigenvalue weighted by Crippen LogP contribution is -2.56. The maximum atomic E-state index is 12.6. The van der Waals surface area contributed by atoms with Gasteiger partial charge in [-0.15, -0.1) is 12.4 Å². The maximum Gasteiger partial charge on any atom is 0.247 e. The van der Waals surface area contributed by atoms with Gasteiger partial charge in [-0.25, -0.2) is 0 Å². The minimum absolute atomic E-state index is 0. The van der Waals surface area contributed by atoms with Gasteiger partial charge in [-0.1, -0.05) is 28.1 Å². The summed E-state index contributed by atoms with van der Waals surface area (Å²) in [4.78, 5) is 14.3. The molecule has 1 aliphatic heterocycles. The minimum Gasteiger partial charge on any atom is -0.394 e. The molecule has 1 fully saturated rings. The fourth-order valence-corrected chi connectivity index (χ4v) is 2.53. The summed E-state index contributed by atoms with van der Waals surface area (Å²) in [5.74, 6) is -0.151. The number of morpholine rings is 1. The van der Waals surface area contributed by atoms with Gasteiger partial charge >= 0.3 is 0 Å². The summed E-state index contributed by atoms with van der Waals surface area (Å²) in [7, 11) is 0. The Morgan fingerprint density at radius 1 is 1.52 bits per heavy atom. The zero-order chi connectivity index (χ0) is 14.8. The Morgan fingerprint density at radius 2 is 2.14 bits per heavy atom. The molecule has 1 saturated heterocycles. The number of aliphatic hydroxyl groups is 1. The summed E-state index contributed by atoms with van der Waals surface area (Å²) in [6.07, 6.45) is -0.326. The van der Waals surface area contributed by atoms with Crippen LogP contribution in [0.3, 0.4) is 0 Å². The normalized spacial score (nSPS) is 21.3. The Morgan fingerprint density at radius 3 is 2.71 bits per heavy atom. The van der Waals surface area contributed by atoms with Crippen molar-refractivity contribution in [3.63, 3.8) is 0 Å². The van der Waals surface area contributed by atoms with Crippen molar-refractivity contribution >= 4 is 34.2 Å². The molecule has 0 spiro atoms. The minimum atomic E-state index is -1.09. The average Bonchev–Trinajstić information content (AvgIpc) is 2.47. The quantitative estimate of drug-likeness (QED) is 0.829. The van der Waals surface area contributed by atoms with Crippen LogP contribution in [0.2, 0.25) is 0 Å². The third-order valence-electron chi connectivity index (χ3n) is 3.52. The first-order valence-corrected chi connectivity index (χ1v) is 7.31. The summed E-state index contributed by atoms with van der Waals surface area (Å²) < 4.78 is 6.29. The van der Waals surface area contributed by atoms with E-state index in [1.165, 1.54) is 0 Å². The second-order valence-corrected chi connectivity index (χ2v) is 6.05. The van der Waals surface area contributed by atoms with Crippen LogP contribution >= 0.6 is 28.3 Å². The lowest BCUT2D eigenvalue weighted by Gasteiger charge is -2.37. The van der Waals surface area contributed by atoms with Crippen LogP contribution in [0.5, 0.6) is 0 Å². The molecule has 1 aromatic carbocycles. The number of rotatable bonds is 3. The Labute approximate surface area is 139 Å². The fourth-order valence-electron chi connectivity index (χ4n) is 2.26. The van der Waals surface area contributed by atoms with Crippen molar-refractivity contribution in [2.45, 2.75) is 18.6 Å². The predicted molar refractivity (Wildman–Crippen MR) is 86.3 cm³/mol. The lowest BCUT2D eigenvalue weighted by atomic mass is 9.91. The molecule has 1 aliphatic rings. The van der Waals surface area contributed by atoms with Crippen LogP contribution in [-0.2, 0) is 15.1 Å². The van der Waals surface area contributed by atoms with Gasteiger partial charge in [0.15, 0.2) is 0 Å². The molecule has 5 nitrogen and oxygen atoms in total. The molecule has 1 amide bonds. The van der Waals surface area contributed by atoms with E-state index in [2.05, 4.69) is 15.9 Å². The first kappa shape index (κ1) is 18.4. The molecule has 2 rings (SSSR count). The number of amides is 1. The molecular weight excluding hydrogens is 360 g/mol. The SMILES string of the molecule is CC(N)(C(=O)N1CCOC(CO)C1)c1ccc(Br)cc1.Cl. The van der Waals surface area contributed by atoms with E-state index in [1.54, 1.807) is 11.8 Å². The van der Waals surface area contributed by atoms with Crippen molar-refractivity contribution in [2.75, 3.05) is 26.3 Å². The molecule has 3 N–H and O–H groups in total. The van der Waals surface area contributed by atoms with Crippen molar-refractivity contribution in [2.24, 2.45) is 5.73 Å². The molecule has 21 heavy (non-hydrogen) atoms. The van der Waals surface area contributed by atoms with Crippen LogP contribution in [0, 0.1) is 0 Å². The first-order valence-electron chi connectivity index (χ1n) is 6.52. The van der Waals surface area contributed by atoms with Gasteiger partial charge in [-0.05, 0) is 24.6 Å². The number of aliphatic hydroxyl groups excluding tert-OH is 1. The molecule has 0 saturated carbocycles. The number of nitrogens with zero attached hydrogens (tertiary/aromatic N) is 1. The van der Waals surface area contributed by atoms with E-state index < -0.39 is 5.54 Å². The smallest absolute Gasteiger partial charge is 0.247 e. The number of benzene rings is 1. The largest absolute Gasteiger partial charge is 0.394 e. The van der Waals surface area contributed by atoms with Gasteiger partial charge in [0.2, 0.25) is 5.91 Å². The van der Waals surface area contributed by atoms with Gasteiger partial charge in [-0.3, -0.25) is 4.79 Å². The number of hydrogen-bond acceptors (Lipinski definition) is 4. The molecule has 2 unspecified atom stereocenters. The van der Waals surface area contributed by atoms with E-state index in [0.29, 0.717) is 19.7 Å². The molecule has 2 atom stereocenters. The van der Waals surface area contributed by atoms with E-state index in [4.69, 9.17) is 15.6 Å². The van der Waals surface area contributed by atoms with Crippen LogP contribution in [0.25, 0.3) is 0 Å². The first-order chi connectivity index (χ1) is 9.45. The fraction of sp³-hybridized carbons (Fsp3) is 0.500. The van der Waals surface area contributed by atoms with Crippen LogP contribution in [0.4, 0.5) is 0 Å². The highest BCUT2D eigenvalue weighted by atomic mass is 79.9. The van der Waals surface area contributed by atoms with Gasteiger partial charge < -0.3 is 20.5 Å². The number of carbonyl (C=O) groups excluding carboxylic acids is 1. The molecule has 1 heterocycles. The Hall–Kier alpha value is -0.660. The van der Waals surface area contributed by atoms with E-state index >= 15 is 0 Å². The Kier molecular flexibility index (Phi) is 6.62. The van der Waals surface area contributed by atoms with E-state index in [0.717, 1.165) is 10.0 Å². The van der Waals surface area contributed by atoms with Gasteiger partial charge in [0.25, 0.3) is 0 Å². The molecule has 0 bridgehead atoms. The molecule has 1 aromatic rings. The maximum absolute atomic E-state index is 12.6. The molecule has 0 radical (unpaired) electrons. The van der Waals surface area contributed by atoms with Crippen molar-refractivity contribution in [1.82, 2.24) is 4.90 Å². The highest BCUT2D eigenvalue weighted by Crippen LogP contribution is 2.23.